The molecule has 1 aromatic rings. The molecule has 0 atom stereocenters. The van der Waals surface area contributed by atoms with Gasteiger partial charge in [-0.25, -0.2) is 13.8 Å². The largest absolute Gasteiger partial charge is 0.390 e. The van der Waals surface area contributed by atoms with Crippen molar-refractivity contribution in [1.82, 2.24) is 4.98 Å². The molecule has 0 aliphatic heterocycles. The van der Waals surface area contributed by atoms with E-state index in [0.29, 0.717) is 8.04 Å². The first kappa shape index (κ1) is 11.3. The first-order valence-electron chi connectivity index (χ1n) is 3.30. The summed E-state index contributed by atoms with van der Waals surface area (Å²) < 4.78 is 25.6. The third-order valence-electron chi connectivity index (χ3n) is 1.36. The Morgan fingerprint density at radius 3 is 2.69 bits per heavy atom. The van der Waals surface area contributed by atoms with Gasteiger partial charge in [0.1, 0.15) is 5.69 Å². The molecule has 1 rings (SSSR count). The maximum Gasteiger partial charge on any atom is 0.281 e. The van der Waals surface area contributed by atoms with Crippen molar-refractivity contribution in [3.8, 4) is 0 Å². The van der Waals surface area contributed by atoms with E-state index in [1.54, 1.807) is 6.07 Å². The standard InChI is InChI=1S/C7H5BrF2INO/c8-5-4(11)1-3(2-13)12-6(5)7(9)10/h1,7,13H,2H2. The van der Waals surface area contributed by atoms with Crippen molar-refractivity contribution >= 4 is 38.5 Å². The topological polar surface area (TPSA) is 33.1 Å². The number of pyridine rings is 1. The van der Waals surface area contributed by atoms with E-state index < -0.39 is 6.43 Å². The minimum Gasteiger partial charge on any atom is -0.390 e. The number of hydrogen-bond donors (Lipinski definition) is 1. The normalized spacial score (nSPS) is 10.9. The van der Waals surface area contributed by atoms with Crippen LogP contribution in [-0.2, 0) is 6.61 Å². The number of aliphatic hydroxyl groups excluding tert-OH is 1. The highest BCUT2D eigenvalue weighted by Gasteiger charge is 2.16. The van der Waals surface area contributed by atoms with Crippen LogP contribution >= 0.6 is 38.5 Å². The Labute approximate surface area is 95.6 Å². The van der Waals surface area contributed by atoms with E-state index in [0.717, 1.165) is 0 Å². The van der Waals surface area contributed by atoms with E-state index >= 15 is 0 Å². The molecule has 0 radical (unpaired) electrons. The lowest BCUT2D eigenvalue weighted by molar-refractivity contribution is 0.144. The predicted molar refractivity (Wildman–Crippen MR) is 55.5 cm³/mol. The fourth-order valence-electron chi connectivity index (χ4n) is 0.794. The third-order valence-corrected chi connectivity index (χ3v) is 3.79. The van der Waals surface area contributed by atoms with Gasteiger partial charge in [0, 0.05) is 3.57 Å². The molecule has 0 bridgehead atoms. The second-order valence-electron chi connectivity index (χ2n) is 2.25. The van der Waals surface area contributed by atoms with Crippen LogP contribution in [0.4, 0.5) is 8.78 Å². The first-order valence-corrected chi connectivity index (χ1v) is 5.17. The Morgan fingerprint density at radius 2 is 2.23 bits per heavy atom. The van der Waals surface area contributed by atoms with Crippen molar-refractivity contribution in [2.45, 2.75) is 13.0 Å². The maximum atomic E-state index is 12.3. The summed E-state index contributed by atoms with van der Waals surface area (Å²) in [6.45, 7) is -0.330. The number of aromatic nitrogens is 1. The second-order valence-corrected chi connectivity index (χ2v) is 4.21. The summed E-state index contributed by atoms with van der Waals surface area (Å²) in [7, 11) is 0. The average Bonchev–Trinajstić information content (AvgIpc) is 2.09. The highest BCUT2D eigenvalue weighted by atomic mass is 127. The molecule has 0 saturated heterocycles. The van der Waals surface area contributed by atoms with Gasteiger partial charge in [0.2, 0.25) is 0 Å². The fourth-order valence-corrected chi connectivity index (χ4v) is 1.81. The van der Waals surface area contributed by atoms with Crippen molar-refractivity contribution in [3.63, 3.8) is 0 Å². The van der Waals surface area contributed by atoms with Gasteiger partial charge >= 0.3 is 0 Å². The lowest BCUT2D eigenvalue weighted by atomic mass is 10.3. The monoisotopic (exact) mass is 363 g/mol. The van der Waals surface area contributed by atoms with Gasteiger partial charge in [-0.2, -0.15) is 0 Å². The van der Waals surface area contributed by atoms with Crippen molar-refractivity contribution in [3.05, 3.63) is 25.5 Å². The minimum absolute atomic E-state index is 0.253. The fraction of sp³-hybridized carbons (Fsp3) is 0.286. The number of alkyl halides is 2. The molecule has 6 heteroatoms. The van der Waals surface area contributed by atoms with Gasteiger partial charge in [-0.05, 0) is 44.6 Å². The highest BCUT2D eigenvalue weighted by molar-refractivity contribution is 14.1. The summed E-state index contributed by atoms with van der Waals surface area (Å²) >= 11 is 4.91. The highest BCUT2D eigenvalue weighted by Crippen LogP contribution is 2.29. The van der Waals surface area contributed by atoms with Gasteiger partial charge in [0.25, 0.3) is 6.43 Å². The molecule has 0 spiro atoms. The molecule has 1 heterocycles. The van der Waals surface area contributed by atoms with Crippen LogP contribution in [0.2, 0.25) is 0 Å². The zero-order valence-electron chi connectivity index (χ0n) is 6.27. The third kappa shape index (κ3) is 2.57. The zero-order chi connectivity index (χ0) is 10.0. The van der Waals surface area contributed by atoms with Gasteiger partial charge < -0.3 is 5.11 Å². The number of rotatable bonds is 2. The number of aliphatic hydroxyl groups is 1. The minimum atomic E-state index is -2.63. The Morgan fingerprint density at radius 1 is 1.62 bits per heavy atom. The van der Waals surface area contributed by atoms with Gasteiger partial charge in [0.05, 0.1) is 16.8 Å². The summed E-state index contributed by atoms with van der Waals surface area (Å²) in [6.07, 6.45) is -2.63. The number of hydrogen-bond acceptors (Lipinski definition) is 2. The lowest BCUT2D eigenvalue weighted by Gasteiger charge is -2.06. The maximum absolute atomic E-state index is 12.3. The van der Waals surface area contributed by atoms with E-state index in [9.17, 15) is 8.78 Å². The van der Waals surface area contributed by atoms with Crippen LogP contribution in [0.5, 0.6) is 0 Å². The SMILES string of the molecule is OCc1cc(I)c(Br)c(C(F)F)n1. The van der Waals surface area contributed by atoms with Gasteiger partial charge in [0.15, 0.2) is 0 Å². The molecule has 0 saturated carbocycles. The second kappa shape index (κ2) is 4.61. The molecule has 72 valence electrons. The van der Waals surface area contributed by atoms with Crippen molar-refractivity contribution in [2.75, 3.05) is 0 Å². The molecule has 1 N–H and O–H groups in total. The van der Waals surface area contributed by atoms with Crippen LogP contribution in [0.15, 0.2) is 10.5 Å². The van der Waals surface area contributed by atoms with Crippen LogP contribution < -0.4 is 0 Å². The Bertz CT molecular complexity index is 322. The predicted octanol–water partition coefficient (Wildman–Crippen LogP) is 2.88. The Balaban J connectivity index is 3.25. The summed E-state index contributed by atoms with van der Waals surface area (Å²) in [4.78, 5) is 3.60. The van der Waals surface area contributed by atoms with Crippen molar-refractivity contribution < 1.29 is 13.9 Å². The number of nitrogens with zero attached hydrogens (tertiary/aromatic N) is 1. The van der Waals surface area contributed by atoms with E-state index in [-0.39, 0.29) is 18.0 Å². The Kier molecular flexibility index (Phi) is 3.99. The van der Waals surface area contributed by atoms with Crippen LogP contribution in [0, 0.1) is 3.57 Å². The molecular formula is C7H5BrF2INO. The van der Waals surface area contributed by atoms with E-state index in [4.69, 9.17) is 5.11 Å². The Hall–Kier alpha value is 0.180. The first-order chi connectivity index (χ1) is 6.06. The average molecular weight is 364 g/mol. The molecule has 0 aliphatic rings. The summed E-state index contributed by atoms with van der Waals surface area (Å²) in [5.41, 5.74) is -0.0705. The van der Waals surface area contributed by atoms with Gasteiger partial charge in [-0.3, -0.25) is 0 Å². The quantitative estimate of drug-likeness (QED) is 0.819. The van der Waals surface area contributed by atoms with Crippen molar-refractivity contribution in [1.29, 1.82) is 0 Å². The smallest absolute Gasteiger partial charge is 0.281 e. The van der Waals surface area contributed by atoms with Crippen molar-refractivity contribution in [2.24, 2.45) is 0 Å². The molecule has 2 nitrogen and oxygen atoms in total. The molecule has 13 heavy (non-hydrogen) atoms. The van der Waals surface area contributed by atoms with Crippen LogP contribution in [0.25, 0.3) is 0 Å². The summed E-state index contributed by atoms with van der Waals surface area (Å²) in [6, 6.07) is 1.55. The van der Waals surface area contributed by atoms with E-state index in [2.05, 4.69) is 20.9 Å². The molecule has 0 unspecified atom stereocenters. The van der Waals surface area contributed by atoms with Gasteiger partial charge in [-0.15, -0.1) is 0 Å². The van der Waals surface area contributed by atoms with E-state index in [1.165, 1.54) is 0 Å². The molecule has 0 fully saturated rings. The van der Waals surface area contributed by atoms with Crippen LogP contribution in [-0.4, -0.2) is 10.1 Å². The van der Waals surface area contributed by atoms with E-state index in [1.807, 2.05) is 22.6 Å². The molecule has 0 amide bonds. The lowest BCUT2D eigenvalue weighted by Crippen LogP contribution is -1.99. The van der Waals surface area contributed by atoms with Gasteiger partial charge in [-0.1, -0.05) is 0 Å². The number of halogens is 4. The van der Waals surface area contributed by atoms with Crippen LogP contribution in [0.1, 0.15) is 17.8 Å². The van der Waals surface area contributed by atoms with Crippen LogP contribution in [0.3, 0.4) is 0 Å². The summed E-state index contributed by atoms with van der Waals surface area (Å²) in [5.74, 6) is 0. The molecule has 0 aliphatic carbocycles. The molecule has 0 aromatic carbocycles. The molecular weight excluding hydrogens is 359 g/mol. The summed E-state index contributed by atoms with van der Waals surface area (Å²) in [5, 5.41) is 8.73. The molecule has 1 aromatic heterocycles. The zero-order valence-corrected chi connectivity index (χ0v) is 10.0.